The molecule has 0 aliphatic heterocycles. The van der Waals surface area contributed by atoms with Crippen LogP contribution >= 0.6 is 0 Å². The van der Waals surface area contributed by atoms with Gasteiger partial charge in [0, 0.05) is 42.3 Å². The van der Waals surface area contributed by atoms with Crippen LogP contribution in [0.2, 0.25) is 0 Å². The maximum absolute atomic E-state index is 12.8. The smallest absolute Gasteiger partial charge is 0.278 e. The molecule has 1 unspecified atom stereocenters. The lowest BCUT2D eigenvalue weighted by Gasteiger charge is -2.26. The Labute approximate surface area is 213 Å². The SMILES string of the molecule is CCONC(=O)c1cnc(Nc2cc(C)nc(C)n2)cc1Nc1ccc(C(C)C)cc1N(C)S(=O)[O-]. The summed E-state index contributed by atoms with van der Waals surface area (Å²) < 4.78 is 24.7. The second-order valence-electron chi connectivity index (χ2n) is 8.32. The number of aryl methyl sites for hydroxylation is 2. The maximum Gasteiger partial charge on any atom is 0.278 e. The summed E-state index contributed by atoms with van der Waals surface area (Å²) >= 11 is -2.50. The summed E-state index contributed by atoms with van der Waals surface area (Å²) in [4.78, 5) is 30.8. The highest BCUT2D eigenvalue weighted by molar-refractivity contribution is 7.80. The molecule has 0 aliphatic rings. The van der Waals surface area contributed by atoms with Crippen molar-refractivity contribution in [2.24, 2.45) is 0 Å². The van der Waals surface area contributed by atoms with Crippen molar-refractivity contribution in [3.8, 4) is 0 Å². The fourth-order valence-electron chi connectivity index (χ4n) is 3.41. The molecular weight excluding hydrogens is 482 g/mol. The quantitative estimate of drug-likeness (QED) is 0.271. The zero-order valence-electron chi connectivity index (χ0n) is 21.1. The monoisotopic (exact) mass is 512 g/mol. The summed E-state index contributed by atoms with van der Waals surface area (Å²) in [5, 5.41) is 6.33. The highest BCUT2D eigenvalue weighted by Crippen LogP contribution is 2.34. The Hall–Kier alpha value is -3.61. The van der Waals surface area contributed by atoms with Crippen LogP contribution in [-0.4, -0.2) is 43.3 Å². The van der Waals surface area contributed by atoms with Crippen LogP contribution in [0, 0.1) is 13.8 Å². The molecule has 0 spiro atoms. The zero-order chi connectivity index (χ0) is 26.4. The highest BCUT2D eigenvalue weighted by Gasteiger charge is 2.18. The number of carbonyl (C=O) groups excluding carboxylic acids is 1. The van der Waals surface area contributed by atoms with Gasteiger partial charge in [-0.25, -0.2) is 20.4 Å². The number of pyridine rings is 1. The van der Waals surface area contributed by atoms with Crippen LogP contribution in [-0.2, 0) is 16.1 Å². The largest absolute Gasteiger partial charge is 0.755 e. The summed E-state index contributed by atoms with van der Waals surface area (Å²) in [6.45, 7) is 9.73. The van der Waals surface area contributed by atoms with E-state index in [4.69, 9.17) is 4.84 Å². The Kier molecular flexibility index (Phi) is 8.91. The van der Waals surface area contributed by atoms with E-state index in [9.17, 15) is 13.6 Å². The van der Waals surface area contributed by atoms with Crippen LogP contribution in [0.4, 0.5) is 28.7 Å². The van der Waals surface area contributed by atoms with Crippen molar-refractivity contribution in [2.75, 3.05) is 28.6 Å². The molecule has 3 N–H and O–H groups in total. The molecule has 11 nitrogen and oxygen atoms in total. The van der Waals surface area contributed by atoms with E-state index in [0.717, 1.165) is 15.6 Å². The Morgan fingerprint density at radius 2 is 1.86 bits per heavy atom. The van der Waals surface area contributed by atoms with E-state index in [-0.39, 0.29) is 18.1 Å². The van der Waals surface area contributed by atoms with Gasteiger partial charge in [0.2, 0.25) is 0 Å². The number of aromatic nitrogens is 3. The Balaban J connectivity index is 2.06. The van der Waals surface area contributed by atoms with E-state index in [0.29, 0.717) is 34.5 Å². The summed E-state index contributed by atoms with van der Waals surface area (Å²) in [6, 6.07) is 8.91. The van der Waals surface area contributed by atoms with Gasteiger partial charge in [-0.15, -0.1) is 0 Å². The normalized spacial score (nSPS) is 11.8. The fourth-order valence-corrected chi connectivity index (χ4v) is 3.72. The standard InChI is InChI=1S/C24H31N7O4S/c1-7-35-30-24(32)18-13-25-22(29-23-10-15(4)26-16(5)27-23)12-20(18)28-19-9-8-17(14(2)3)11-21(19)31(6)36(33)34/h8-14H,7H2,1-6H3,(H,30,32)(H,33,34)(H2,25,26,27,28,29)/p-1. The molecule has 3 aromatic rings. The van der Waals surface area contributed by atoms with Crippen LogP contribution in [0.25, 0.3) is 0 Å². The number of amides is 1. The van der Waals surface area contributed by atoms with Gasteiger partial charge in [0.05, 0.1) is 29.2 Å². The molecular formula is C24H30N7O4S-. The van der Waals surface area contributed by atoms with Crippen LogP contribution in [0.1, 0.15) is 54.1 Å². The number of hydroxylamine groups is 1. The van der Waals surface area contributed by atoms with Crippen molar-refractivity contribution >= 4 is 45.9 Å². The Bertz CT molecular complexity index is 1250. The number of carbonyl (C=O) groups is 1. The number of nitrogens with zero attached hydrogens (tertiary/aromatic N) is 4. The van der Waals surface area contributed by atoms with Crippen molar-refractivity contribution in [3.05, 3.63) is 59.2 Å². The first-order chi connectivity index (χ1) is 17.1. The third-order valence-electron chi connectivity index (χ3n) is 5.20. The summed E-state index contributed by atoms with van der Waals surface area (Å²) in [5.74, 6) is 1.26. The topological polar surface area (TPSA) is 144 Å². The predicted octanol–water partition coefficient (Wildman–Crippen LogP) is 4.01. The Morgan fingerprint density at radius 3 is 2.50 bits per heavy atom. The van der Waals surface area contributed by atoms with Gasteiger partial charge >= 0.3 is 0 Å². The van der Waals surface area contributed by atoms with E-state index < -0.39 is 17.2 Å². The fraction of sp³-hybridized carbons (Fsp3) is 0.333. The van der Waals surface area contributed by atoms with Gasteiger partial charge in [0.15, 0.2) is 0 Å². The first-order valence-electron chi connectivity index (χ1n) is 11.3. The van der Waals surface area contributed by atoms with Gasteiger partial charge < -0.3 is 19.5 Å². The number of hydrogen-bond donors (Lipinski definition) is 3. The molecule has 0 fully saturated rings. The lowest BCUT2D eigenvalue weighted by Crippen LogP contribution is -2.25. The maximum atomic E-state index is 12.8. The van der Waals surface area contributed by atoms with Crippen molar-refractivity contribution in [1.29, 1.82) is 0 Å². The van der Waals surface area contributed by atoms with Gasteiger partial charge in [-0.1, -0.05) is 19.9 Å². The van der Waals surface area contributed by atoms with Gasteiger partial charge in [-0.05, 0) is 44.4 Å². The number of benzene rings is 1. The second kappa shape index (κ2) is 11.9. The molecule has 192 valence electrons. The minimum atomic E-state index is -2.50. The van der Waals surface area contributed by atoms with Crippen molar-refractivity contribution in [1.82, 2.24) is 20.4 Å². The molecule has 1 aromatic carbocycles. The van der Waals surface area contributed by atoms with Gasteiger partial charge in [0.25, 0.3) is 5.91 Å². The van der Waals surface area contributed by atoms with E-state index in [2.05, 4.69) is 31.1 Å². The van der Waals surface area contributed by atoms with E-state index >= 15 is 0 Å². The van der Waals surface area contributed by atoms with Crippen LogP contribution in [0.3, 0.4) is 0 Å². The molecule has 36 heavy (non-hydrogen) atoms. The Morgan fingerprint density at radius 1 is 1.11 bits per heavy atom. The van der Waals surface area contributed by atoms with Crippen LogP contribution in [0.15, 0.2) is 36.5 Å². The van der Waals surface area contributed by atoms with Gasteiger partial charge in [-0.2, -0.15) is 0 Å². The highest BCUT2D eigenvalue weighted by atomic mass is 32.2. The van der Waals surface area contributed by atoms with Gasteiger partial charge in [-0.3, -0.25) is 13.8 Å². The molecule has 2 heterocycles. The minimum Gasteiger partial charge on any atom is -0.755 e. The molecule has 0 aliphatic carbocycles. The van der Waals surface area contributed by atoms with Crippen LogP contribution in [0.5, 0.6) is 0 Å². The molecule has 3 rings (SSSR count). The average molecular weight is 513 g/mol. The zero-order valence-corrected chi connectivity index (χ0v) is 21.9. The number of rotatable bonds is 10. The summed E-state index contributed by atoms with van der Waals surface area (Å²) in [6.07, 6.45) is 1.40. The molecule has 0 bridgehead atoms. The molecule has 2 aromatic heterocycles. The lowest BCUT2D eigenvalue weighted by atomic mass is 10.0. The molecule has 1 atom stereocenters. The first-order valence-corrected chi connectivity index (χ1v) is 12.4. The number of hydrogen-bond acceptors (Lipinski definition) is 9. The van der Waals surface area contributed by atoms with Crippen molar-refractivity contribution in [3.63, 3.8) is 0 Å². The van der Waals surface area contributed by atoms with Crippen LogP contribution < -0.4 is 20.4 Å². The summed E-state index contributed by atoms with van der Waals surface area (Å²) in [5.41, 5.74) is 5.63. The first kappa shape index (κ1) is 27.0. The molecule has 0 saturated heterocycles. The minimum absolute atomic E-state index is 0.190. The third kappa shape index (κ3) is 6.74. The van der Waals surface area contributed by atoms with Crippen molar-refractivity contribution < 1.29 is 18.4 Å². The third-order valence-corrected chi connectivity index (χ3v) is 5.84. The van der Waals surface area contributed by atoms with Gasteiger partial charge in [0.1, 0.15) is 17.5 Å². The van der Waals surface area contributed by atoms with E-state index in [1.54, 1.807) is 38.1 Å². The molecule has 1 amide bonds. The van der Waals surface area contributed by atoms with Crippen molar-refractivity contribution in [2.45, 2.75) is 40.5 Å². The lowest BCUT2D eigenvalue weighted by molar-refractivity contribution is 0.0365. The van der Waals surface area contributed by atoms with E-state index in [1.165, 1.54) is 13.2 Å². The second-order valence-corrected chi connectivity index (χ2v) is 9.30. The molecule has 12 heteroatoms. The molecule has 0 saturated carbocycles. The molecule has 0 radical (unpaired) electrons. The predicted molar refractivity (Wildman–Crippen MR) is 139 cm³/mol. The number of nitrogens with one attached hydrogen (secondary N) is 3. The summed E-state index contributed by atoms with van der Waals surface area (Å²) in [7, 11) is 1.45. The average Bonchev–Trinajstić information content (AvgIpc) is 2.81. The number of anilines is 5. The van der Waals surface area contributed by atoms with E-state index in [1.807, 2.05) is 26.8 Å².